The van der Waals surface area contributed by atoms with Gasteiger partial charge in [0.1, 0.15) is 22.1 Å². The Hall–Kier alpha value is -2.41. The van der Waals surface area contributed by atoms with Crippen LogP contribution in [0.5, 0.6) is 0 Å². The Morgan fingerprint density at radius 2 is 2.00 bits per heavy atom. The van der Waals surface area contributed by atoms with Crippen LogP contribution in [0.15, 0.2) is 48.5 Å². The lowest BCUT2D eigenvalue weighted by atomic mass is 10.2. The van der Waals surface area contributed by atoms with Crippen LogP contribution >= 0.6 is 34.5 Å². The molecule has 0 aliphatic heterocycles. The van der Waals surface area contributed by atoms with Gasteiger partial charge < -0.3 is 4.74 Å². The Kier molecular flexibility index (Phi) is 5.10. The van der Waals surface area contributed by atoms with Gasteiger partial charge in [-0.1, -0.05) is 35.3 Å². The molecule has 0 aliphatic carbocycles. The van der Waals surface area contributed by atoms with Gasteiger partial charge in [0.2, 0.25) is 0 Å². The van der Waals surface area contributed by atoms with Crippen molar-refractivity contribution in [2.45, 2.75) is 13.5 Å². The third-order valence-corrected chi connectivity index (χ3v) is 5.89. The highest BCUT2D eigenvalue weighted by Gasteiger charge is 2.19. The summed E-state index contributed by atoms with van der Waals surface area (Å²) in [6.07, 6.45) is 0. The summed E-state index contributed by atoms with van der Waals surface area (Å²) in [7, 11) is 0. The van der Waals surface area contributed by atoms with E-state index in [1.165, 1.54) is 23.5 Å². The maximum atomic E-state index is 13.9. The predicted molar refractivity (Wildman–Crippen MR) is 109 cm³/mol. The zero-order valence-electron chi connectivity index (χ0n) is 14.6. The number of fused-ring (bicyclic) bond motifs is 1. The number of thiophene rings is 1. The van der Waals surface area contributed by atoms with E-state index in [2.05, 4.69) is 5.10 Å². The van der Waals surface area contributed by atoms with Crippen LogP contribution in [0, 0.1) is 12.7 Å². The van der Waals surface area contributed by atoms with Gasteiger partial charge in [-0.2, -0.15) is 5.10 Å². The number of esters is 1. The van der Waals surface area contributed by atoms with Gasteiger partial charge in [0.05, 0.1) is 16.4 Å². The van der Waals surface area contributed by atoms with E-state index in [4.69, 9.17) is 27.9 Å². The minimum Gasteiger partial charge on any atom is -0.456 e. The molecule has 28 heavy (non-hydrogen) atoms. The second-order valence-electron chi connectivity index (χ2n) is 6.08. The molecule has 0 fully saturated rings. The SMILES string of the molecule is Cc1nn(-c2cccc(Cl)c2)c2sc(C(=O)OCc3c(F)cccc3Cl)cc12. The van der Waals surface area contributed by atoms with Crippen LogP contribution in [0.2, 0.25) is 10.0 Å². The summed E-state index contributed by atoms with van der Waals surface area (Å²) in [4.78, 5) is 13.7. The average molecular weight is 435 g/mol. The topological polar surface area (TPSA) is 44.1 Å². The zero-order valence-corrected chi connectivity index (χ0v) is 16.9. The lowest BCUT2D eigenvalue weighted by molar-refractivity contribution is 0.0475. The fraction of sp³-hybridized carbons (Fsp3) is 0.100. The van der Waals surface area contributed by atoms with E-state index in [9.17, 15) is 9.18 Å². The number of carbonyl (C=O) groups is 1. The minimum atomic E-state index is -0.544. The van der Waals surface area contributed by atoms with Crippen LogP contribution in [0.3, 0.4) is 0 Å². The maximum absolute atomic E-state index is 13.9. The third kappa shape index (κ3) is 3.51. The number of aryl methyl sites for hydroxylation is 1. The summed E-state index contributed by atoms with van der Waals surface area (Å²) in [6.45, 7) is 1.63. The van der Waals surface area contributed by atoms with E-state index in [-0.39, 0.29) is 17.2 Å². The van der Waals surface area contributed by atoms with Crippen molar-refractivity contribution in [2.24, 2.45) is 0 Å². The highest BCUT2D eigenvalue weighted by Crippen LogP contribution is 2.31. The molecule has 0 bridgehead atoms. The smallest absolute Gasteiger partial charge is 0.348 e. The third-order valence-electron chi connectivity index (χ3n) is 4.21. The Bertz CT molecular complexity index is 1180. The largest absolute Gasteiger partial charge is 0.456 e. The maximum Gasteiger partial charge on any atom is 0.348 e. The molecule has 0 aliphatic rings. The summed E-state index contributed by atoms with van der Waals surface area (Å²) in [5.41, 5.74) is 1.73. The molecular weight excluding hydrogens is 422 g/mol. The minimum absolute atomic E-state index is 0.153. The van der Waals surface area contributed by atoms with Crippen molar-refractivity contribution in [3.63, 3.8) is 0 Å². The van der Waals surface area contributed by atoms with Crippen LogP contribution in [0.4, 0.5) is 4.39 Å². The van der Waals surface area contributed by atoms with Crippen molar-refractivity contribution in [2.75, 3.05) is 0 Å². The van der Waals surface area contributed by atoms with Gasteiger partial charge in [0.15, 0.2) is 0 Å². The van der Waals surface area contributed by atoms with Gasteiger partial charge in [0.25, 0.3) is 0 Å². The summed E-state index contributed by atoms with van der Waals surface area (Å²) in [5, 5.41) is 6.19. The monoisotopic (exact) mass is 434 g/mol. The van der Waals surface area contributed by atoms with E-state index >= 15 is 0 Å². The molecule has 142 valence electrons. The van der Waals surface area contributed by atoms with Gasteiger partial charge in [-0.3, -0.25) is 0 Å². The number of halogens is 3. The predicted octanol–water partition coefficient (Wildman–Crippen LogP) is 6.20. The first-order valence-corrected chi connectivity index (χ1v) is 9.86. The molecule has 8 heteroatoms. The van der Waals surface area contributed by atoms with Crippen LogP contribution < -0.4 is 0 Å². The van der Waals surface area contributed by atoms with Crippen molar-refractivity contribution in [3.05, 3.63) is 80.5 Å². The second kappa shape index (κ2) is 7.54. The Labute approximate surface area is 174 Å². The Balaban J connectivity index is 1.63. The first-order valence-electron chi connectivity index (χ1n) is 8.29. The molecule has 4 nitrogen and oxygen atoms in total. The van der Waals surface area contributed by atoms with E-state index in [1.807, 2.05) is 19.1 Å². The molecular formula is C20H13Cl2FN2O2S. The Morgan fingerprint density at radius 1 is 1.21 bits per heavy atom. The summed E-state index contributed by atoms with van der Waals surface area (Å²) in [6, 6.07) is 13.4. The number of ether oxygens (including phenoxy) is 1. The fourth-order valence-electron chi connectivity index (χ4n) is 2.81. The molecule has 4 aromatic rings. The van der Waals surface area contributed by atoms with Crippen LogP contribution in [0.1, 0.15) is 20.9 Å². The lowest BCUT2D eigenvalue weighted by Crippen LogP contribution is -2.05. The molecule has 0 amide bonds. The van der Waals surface area contributed by atoms with Crippen molar-refractivity contribution in [3.8, 4) is 5.69 Å². The van der Waals surface area contributed by atoms with Crippen LogP contribution in [-0.4, -0.2) is 15.7 Å². The van der Waals surface area contributed by atoms with Gasteiger partial charge in [-0.25, -0.2) is 13.9 Å². The number of rotatable bonds is 4. The fourth-order valence-corrected chi connectivity index (χ4v) is 4.29. The molecule has 2 aromatic heterocycles. The molecule has 0 N–H and O–H groups in total. The van der Waals surface area contributed by atoms with Gasteiger partial charge in [-0.05, 0) is 43.3 Å². The van der Waals surface area contributed by atoms with Crippen LogP contribution in [-0.2, 0) is 11.3 Å². The van der Waals surface area contributed by atoms with E-state index in [1.54, 1.807) is 28.9 Å². The number of carbonyl (C=O) groups excluding carboxylic acids is 1. The molecule has 2 aromatic carbocycles. The summed E-state index contributed by atoms with van der Waals surface area (Å²) >= 11 is 13.3. The number of hydrogen-bond acceptors (Lipinski definition) is 4. The standard InChI is InChI=1S/C20H13Cl2FN2O2S/c1-11-14-9-18(20(26)27-10-15-16(22)6-3-7-17(15)23)28-19(14)25(24-11)13-5-2-4-12(21)8-13/h2-9H,10H2,1H3. The average Bonchev–Trinajstić information content (AvgIpc) is 3.22. The van der Waals surface area contributed by atoms with E-state index < -0.39 is 11.8 Å². The molecule has 0 saturated heterocycles. The first-order chi connectivity index (χ1) is 13.4. The molecule has 4 rings (SSSR count). The lowest BCUT2D eigenvalue weighted by Gasteiger charge is -2.06. The first kappa shape index (κ1) is 18.9. The number of nitrogens with zero attached hydrogens (tertiary/aromatic N) is 2. The quantitative estimate of drug-likeness (QED) is 0.359. The van der Waals surface area contributed by atoms with Gasteiger partial charge >= 0.3 is 5.97 Å². The van der Waals surface area contributed by atoms with Crippen molar-refractivity contribution in [1.82, 2.24) is 9.78 Å². The summed E-state index contributed by atoms with van der Waals surface area (Å²) in [5.74, 6) is -1.05. The highest BCUT2D eigenvalue weighted by molar-refractivity contribution is 7.20. The van der Waals surface area contributed by atoms with E-state index in [0.717, 1.165) is 21.6 Å². The Morgan fingerprint density at radius 3 is 2.75 bits per heavy atom. The highest BCUT2D eigenvalue weighted by atomic mass is 35.5. The van der Waals surface area contributed by atoms with Crippen LogP contribution in [0.25, 0.3) is 15.9 Å². The van der Waals surface area contributed by atoms with Crippen molar-refractivity contribution < 1.29 is 13.9 Å². The molecule has 0 atom stereocenters. The summed E-state index contributed by atoms with van der Waals surface area (Å²) < 4.78 is 20.9. The second-order valence-corrected chi connectivity index (χ2v) is 7.96. The number of hydrogen-bond donors (Lipinski definition) is 0. The number of benzene rings is 2. The van der Waals surface area contributed by atoms with Gasteiger partial charge in [-0.15, -0.1) is 11.3 Å². The molecule has 2 heterocycles. The molecule has 0 spiro atoms. The molecule has 0 unspecified atom stereocenters. The van der Waals surface area contributed by atoms with Gasteiger partial charge in [0, 0.05) is 16.0 Å². The van der Waals surface area contributed by atoms with Crippen molar-refractivity contribution in [1.29, 1.82) is 0 Å². The molecule has 0 saturated carbocycles. The zero-order chi connectivity index (χ0) is 19.8. The van der Waals surface area contributed by atoms with Crippen molar-refractivity contribution >= 4 is 50.7 Å². The molecule has 0 radical (unpaired) electrons. The number of aromatic nitrogens is 2. The normalized spacial score (nSPS) is 11.1. The van der Waals surface area contributed by atoms with E-state index in [0.29, 0.717) is 9.90 Å².